The molecule has 1 unspecified atom stereocenters. The summed E-state index contributed by atoms with van der Waals surface area (Å²) >= 11 is 0.368. The molecule has 104 valence electrons. The Morgan fingerprint density at radius 3 is 2.80 bits per heavy atom. The first-order chi connectivity index (χ1) is 9.47. The molecule has 3 rings (SSSR count). The molecule has 0 aliphatic carbocycles. The van der Waals surface area contributed by atoms with Gasteiger partial charge in [0.05, 0.1) is 10.8 Å². The number of rotatable bonds is 2. The Morgan fingerprint density at radius 2 is 2.10 bits per heavy atom. The molecule has 2 heterocycles. The number of nitrogens with zero attached hydrogens (tertiary/aromatic N) is 1. The normalized spacial score (nSPS) is 17.6. The van der Waals surface area contributed by atoms with Crippen molar-refractivity contribution in [2.75, 3.05) is 6.61 Å². The number of hydrogen-bond acceptors (Lipinski definition) is 4. The monoisotopic (exact) mass is 299 g/mol. The van der Waals surface area contributed by atoms with Gasteiger partial charge in [-0.05, 0) is 6.07 Å². The molecule has 0 bridgehead atoms. The summed E-state index contributed by atoms with van der Waals surface area (Å²) in [6.45, 7) is 0.150. The number of aromatic nitrogens is 1. The maximum atomic E-state index is 12.5. The zero-order valence-corrected chi connectivity index (χ0v) is 10.8. The van der Waals surface area contributed by atoms with Crippen LogP contribution in [0.25, 0.3) is 0 Å². The Labute approximate surface area is 116 Å². The van der Waals surface area contributed by atoms with Crippen molar-refractivity contribution in [1.29, 1.82) is 0 Å². The quantitative estimate of drug-likeness (QED) is 0.796. The second kappa shape index (κ2) is 4.59. The van der Waals surface area contributed by atoms with Crippen LogP contribution in [-0.2, 0) is 6.18 Å². The molecule has 1 aromatic heterocycles. The number of benzene rings is 1. The highest BCUT2D eigenvalue weighted by atomic mass is 32.1. The number of ether oxygens (including phenoxy) is 1. The number of hydrogen-bond donors (Lipinski definition) is 0. The van der Waals surface area contributed by atoms with Gasteiger partial charge in [0, 0.05) is 11.8 Å². The van der Waals surface area contributed by atoms with E-state index in [9.17, 15) is 18.0 Å². The van der Waals surface area contributed by atoms with Gasteiger partial charge in [-0.15, -0.1) is 11.3 Å². The van der Waals surface area contributed by atoms with Crippen LogP contribution in [0.1, 0.15) is 26.2 Å². The van der Waals surface area contributed by atoms with E-state index in [0.29, 0.717) is 22.6 Å². The van der Waals surface area contributed by atoms with Gasteiger partial charge < -0.3 is 4.74 Å². The minimum absolute atomic E-state index is 0.00243. The molecule has 0 spiro atoms. The summed E-state index contributed by atoms with van der Waals surface area (Å²) in [5.74, 6) is -0.345. The smallest absolute Gasteiger partial charge is 0.443 e. The van der Waals surface area contributed by atoms with Crippen LogP contribution in [0.15, 0.2) is 30.5 Å². The van der Waals surface area contributed by atoms with Crippen molar-refractivity contribution in [3.63, 3.8) is 0 Å². The largest absolute Gasteiger partial charge is 0.492 e. The van der Waals surface area contributed by atoms with Crippen molar-refractivity contribution in [2.45, 2.75) is 12.1 Å². The predicted octanol–water partition coefficient (Wildman–Crippen LogP) is 3.52. The highest BCUT2D eigenvalue weighted by molar-refractivity contribution is 7.13. The van der Waals surface area contributed by atoms with Gasteiger partial charge in [-0.1, -0.05) is 18.2 Å². The SMILES string of the molecule is O=C(c1cnc(C(F)(F)F)s1)C1COc2ccccc21. The fourth-order valence-corrected chi connectivity index (χ4v) is 2.85. The Morgan fingerprint density at radius 1 is 1.35 bits per heavy atom. The number of carbonyl (C=O) groups is 1. The molecule has 0 saturated carbocycles. The van der Waals surface area contributed by atoms with Crippen LogP contribution >= 0.6 is 11.3 Å². The zero-order chi connectivity index (χ0) is 14.3. The summed E-state index contributed by atoms with van der Waals surface area (Å²) < 4.78 is 42.8. The molecule has 0 amide bonds. The van der Waals surface area contributed by atoms with Crippen molar-refractivity contribution in [1.82, 2.24) is 4.98 Å². The van der Waals surface area contributed by atoms with Crippen LogP contribution in [0.4, 0.5) is 13.2 Å². The van der Waals surface area contributed by atoms with Crippen LogP contribution < -0.4 is 4.74 Å². The summed E-state index contributed by atoms with van der Waals surface area (Å²) in [7, 11) is 0. The van der Waals surface area contributed by atoms with E-state index in [1.54, 1.807) is 24.3 Å². The van der Waals surface area contributed by atoms with Crippen molar-refractivity contribution >= 4 is 17.1 Å². The lowest BCUT2D eigenvalue weighted by atomic mass is 9.96. The molecule has 1 atom stereocenters. The van der Waals surface area contributed by atoms with Crippen molar-refractivity contribution < 1.29 is 22.7 Å². The van der Waals surface area contributed by atoms with Crippen LogP contribution in [0, 0.1) is 0 Å². The number of alkyl halides is 3. The van der Waals surface area contributed by atoms with E-state index in [1.165, 1.54) is 0 Å². The third-order valence-electron chi connectivity index (χ3n) is 3.01. The fraction of sp³-hybridized carbons (Fsp3) is 0.231. The first-order valence-electron chi connectivity index (χ1n) is 5.76. The number of para-hydroxylation sites is 1. The Kier molecular flexibility index (Phi) is 3.01. The van der Waals surface area contributed by atoms with E-state index in [1.807, 2.05) is 0 Å². The maximum absolute atomic E-state index is 12.5. The van der Waals surface area contributed by atoms with Crippen LogP contribution in [0.3, 0.4) is 0 Å². The molecule has 1 aliphatic rings. The lowest BCUT2D eigenvalue weighted by Crippen LogP contribution is -2.13. The molecule has 1 aromatic carbocycles. The number of fused-ring (bicyclic) bond motifs is 1. The summed E-state index contributed by atoms with van der Waals surface area (Å²) in [4.78, 5) is 15.5. The van der Waals surface area contributed by atoms with Gasteiger partial charge >= 0.3 is 6.18 Å². The number of ketones is 1. The first-order valence-corrected chi connectivity index (χ1v) is 6.57. The summed E-state index contributed by atoms with van der Waals surface area (Å²) in [5.41, 5.74) is 0.708. The molecule has 0 N–H and O–H groups in total. The third-order valence-corrected chi connectivity index (χ3v) is 4.06. The summed E-state index contributed by atoms with van der Waals surface area (Å²) in [5, 5.41) is -1.01. The molecule has 3 nitrogen and oxygen atoms in total. The predicted molar refractivity (Wildman–Crippen MR) is 66.1 cm³/mol. The fourth-order valence-electron chi connectivity index (χ4n) is 2.07. The second-order valence-electron chi connectivity index (χ2n) is 4.29. The lowest BCUT2D eigenvalue weighted by Gasteiger charge is -2.05. The molecular weight excluding hydrogens is 291 g/mol. The van der Waals surface area contributed by atoms with Crippen LogP contribution in [0.5, 0.6) is 5.75 Å². The number of thiazole rings is 1. The van der Waals surface area contributed by atoms with E-state index in [-0.39, 0.29) is 17.3 Å². The average molecular weight is 299 g/mol. The van der Waals surface area contributed by atoms with Crippen molar-refractivity contribution in [2.24, 2.45) is 0 Å². The van der Waals surface area contributed by atoms with Gasteiger partial charge in [0.2, 0.25) is 0 Å². The van der Waals surface area contributed by atoms with Gasteiger partial charge in [0.25, 0.3) is 0 Å². The van der Waals surface area contributed by atoms with E-state index < -0.39 is 17.1 Å². The standard InChI is InChI=1S/C13H8F3NO2S/c14-13(15,16)12-17-5-10(20-12)11(18)8-6-19-9-4-2-1-3-7(8)9/h1-5,8H,6H2. The van der Waals surface area contributed by atoms with Gasteiger partial charge in [-0.3, -0.25) is 4.79 Å². The minimum atomic E-state index is -4.52. The number of carbonyl (C=O) groups excluding carboxylic acids is 1. The van der Waals surface area contributed by atoms with Gasteiger partial charge in [0.1, 0.15) is 12.4 Å². The Bertz CT molecular complexity index is 666. The van der Waals surface area contributed by atoms with Crippen molar-refractivity contribution in [3.8, 4) is 5.75 Å². The van der Waals surface area contributed by atoms with Crippen LogP contribution in [0.2, 0.25) is 0 Å². The molecule has 2 aromatic rings. The second-order valence-corrected chi connectivity index (χ2v) is 5.32. The summed E-state index contributed by atoms with van der Waals surface area (Å²) in [6, 6.07) is 7.02. The van der Waals surface area contributed by atoms with Gasteiger partial charge in [0.15, 0.2) is 10.8 Å². The maximum Gasteiger partial charge on any atom is 0.443 e. The molecule has 7 heteroatoms. The highest BCUT2D eigenvalue weighted by Crippen LogP contribution is 2.38. The Hall–Kier alpha value is -1.89. The Balaban J connectivity index is 1.89. The highest BCUT2D eigenvalue weighted by Gasteiger charge is 2.37. The molecule has 0 saturated heterocycles. The number of Topliss-reactive ketones (excluding diaryl/α,β-unsaturated/α-hetero) is 1. The lowest BCUT2D eigenvalue weighted by molar-refractivity contribution is -0.137. The molecular formula is C13H8F3NO2S. The van der Waals surface area contributed by atoms with E-state index >= 15 is 0 Å². The van der Waals surface area contributed by atoms with Crippen LogP contribution in [-0.4, -0.2) is 17.4 Å². The number of halogens is 3. The first kappa shape index (κ1) is 13.1. The third kappa shape index (κ3) is 2.18. The average Bonchev–Trinajstić information content (AvgIpc) is 3.04. The molecule has 0 radical (unpaired) electrons. The zero-order valence-electron chi connectivity index (χ0n) is 9.98. The van der Waals surface area contributed by atoms with Crippen molar-refractivity contribution in [3.05, 3.63) is 45.9 Å². The van der Waals surface area contributed by atoms with E-state index in [2.05, 4.69) is 4.98 Å². The van der Waals surface area contributed by atoms with Gasteiger partial charge in [-0.25, -0.2) is 4.98 Å². The molecule has 1 aliphatic heterocycles. The van der Waals surface area contributed by atoms with E-state index in [4.69, 9.17) is 4.74 Å². The van der Waals surface area contributed by atoms with E-state index in [0.717, 1.165) is 6.20 Å². The molecule has 20 heavy (non-hydrogen) atoms. The molecule has 0 fully saturated rings. The summed E-state index contributed by atoms with van der Waals surface area (Å²) in [6.07, 6.45) is -3.54. The van der Waals surface area contributed by atoms with Gasteiger partial charge in [-0.2, -0.15) is 13.2 Å². The topological polar surface area (TPSA) is 39.2 Å². The minimum Gasteiger partial charge on any atom is -0.492 e.